The summed E-state index contributed by atoms with van der Waals surface area (Å²) < 4.78 is 2.07. The van der Waals surface area contributed by atoms with Crippen molar-refractivity contribution >= 4 is 0 Å². The molecule has 0 aliphatic rings. The molecule has 0 bridgehead atoms. The summed E-state index contributed by atoms with van der Waals surface area (Å²) in [4.78, 5) is 8.77. The van der Waals surface area contributed by atoms with Gasteiger partial charge >= 0.3 is 0 Å². The first kappa shape index (κ1) is 16.3. The highest BCUT2D eigenvalue weighted by atomic mass is 15.0. The zero-order valence-corrected chi connectivity index (χ0v) is 15.1. The van der Waals surface area contributed by atoms with Gasteiger partial charge in [-0.05, 0) is 59.9 Å². The van der Waals surface area contributed by atoms with Crippen molar-refractivity contribution in [2.75, 3.05) is 0 Å². The van der Waals surface area contributed by atoms with E-state index < -0.39 is 0 Å². The van der Waals surface area contributed by atoms with Crippen LogP contribution in [-0.2, 0) is 6.54 Å². The summed E-state index contributed by atoms with van der Waals surface area (Å²) in [6.07, 6.45) is 7.52. The van der Waals surface area contributed by atoms with Gasteiger partial charge in [0.2, 0.25) is 0 Å². The van der Waals surface area contributed by atoms with Crippen LogP contribution in [0, 0.1) is 13.8 Å². The molecule has 26 heavy (non-hydrogen) atoms. The molecule has 0 fully saturated rings. The van der Waals surface area contributed by atoms with Crippen molar-refractivity contribution in [1.82, 2.24) is 14.5 Å². The number of aryl methyl sites for hydroxylation is 1. The van der Waals surface area contributed by atoms with Crippen LogP contribution in [0.15, 0.2) is 79.5 Å². The first-order valence-corrected chi connectivity index (χ1v) is 8.78. The van der Waals surface area contributed by atoms with E-state index in [1.165, 1.54) is 33.4 Å². The Morgan fingerprint density at radius 1 is 0.885 bits per heavy atom. The average Bonchev–Trinajstić information content (AvgIpc) is 3.17. The van der Waals surface area contributed by atoms with Gasteiger partial charge in [-0.3, -0.25) is 4.98 Å². The number of nitrogens with zero attached hydrogens (tertiary/aromatic N) is 3. The fourth-order valence-electron chi connectivity index (χ4n) is 3.35. The predicted molar refractivity (Wildman–Crippen MR) is 106 cm³/mol. The molecule has 3 nitrogen and oxygen atoms in total. The molecule has 0 aliphatic carbocycles. The Balaban J connectivity index is 1.77. The van der Waals surface area contributed by atoms with Crippen molar-refractivity contribution in [2.24, 2.45) is 0 Å². The Morgan fingerprint density at radius 3 is 2.46 bits per heavy atom. The van der Waals surface area contributed by atoms with Gasteiger partial charge in [0, 0.05) is 30.7 Å². The van der Waals surface area contributed by atoms with Crippen LogP contribution in [0.1, 0.15) is 16.7 Å². The molecule has 2 aromatic carbocycles. The Morgan fingerprint density at radius 2 is 1.69 bits per heavy atom. The number of aromatic nitrogens is 3. The lowest BCUT2D eigenvalue weighted by molar-refractivity contribution is 0.796. The lowest BCUT2D eigenvalue weighted by Crippen LogP contribution is -1.98. The molecule has 4 rings (SSSR count). The molecule has 0 saturated heterocycles. The summed E-state index contributed by atoms with van der Waals surface area (Å²) in [6.45, 7) is 5.12. The molecule has 3 heteroatoms. The van der Waals surface area contributed by atoms with Crippen LogP contribution in [0.25, 0.3) is 22.4 Å². The third-order valence-corrected chi connectivity index (χ3v) is 4.66. The molecule has 0 aliphatic heterocycles. The van der Waals surface area contributed by atoms with Gasteiger partial charge < -0.3 is 4.57 Å². The lowest BCUT2D eigenvalue weighted by atomic mass is 9.92. The van der Waals surface area contributed by atoms with Crippen LogP contribution < -0.4 is 0 Å². The van der Waals surface area contributed by atoms with Gasteiger partial charge in [0.1, 0.15) is 0 Å². The molecule has 0 atom stereocenters. The number of pyridine rings is 1. The first-order chi connectivity index (χ1) is 12.7. The quantitative estimate of drug-likeness (QED) is 0.506. The van der Waals surface area contributed by atoms with Crippen LogP contribution >= 0.6 is 0 Å². The van der Waals surface area contributed by atoms with Crippen molar-refractivity contribution in [3.05, 3.63) is 96.2 Å². The van der Waals surface area contributed by atoms with Crippen LogP contribution in [-0.4, -0.2) is 14.5 Å². The molecular formula is C23H21N3. The summed E-state index contributed by atoms with van der Waals surface area (Å²) in [7, 11) is 0. The molecule has 2 heterocycles. The maximum absolute atomic E-state index is 4.65. The predicted octanol–water partition coefficient (Wildman–Crippen LogP) is 5.28. The second kappa shape index (κ2) is 6.96. The van der Waals surface area contributed by atoms with E-state index in [1.54, 1.807) is 6.20 Å². The number of hydrogen-bond donors (Lipinski definition) is 0. The van der Waals surface area contributed by atoms with Gasteiger partial charge in [-0.2, -0.15) is 0 Å². The van der Waals surface area contributed by atoms with Crippen LogP contribution in [0.2, 0.25) is 0 Å². The Labute approximate surface area is 154 Å². The van der Waals surface area contributed by atoms with Crippen molar-refractivity contribution in [2.45, 2.75) is 20.4 Å². The Kier molecular flexibility index (Phi) is 4.36. The summed E-state index contributed by atoms with van der Waals surface area (Å²) >= 11 is 0. The van der Waals surface area contributed by atoms with E-state index >= 15 is 0 Å². The second-order valence-electron chi connectivity index (χ2n) is 6.64. The third-order valence-electron chi connectivity index (χ3n) is 4.66. The third kappa shape index (κ3) is 3.29. The van der Waals surface area contributed by atoms with E-state index in [0.717, 1.165) is 12.2 Å². The zero-order chi connectivity index (χ0) is 17.9. The van der Waals surface area contributed by atoms with Gasteiger partial charge in [0.05, 0.1) is 12.0 Å². The number of rotatable bonds is 4. The fourth-order valence-corrected chi connectivity index (χ4v) is 3.35. The van der Waals surface area contributed by atoms with E-state index in [-0.39, 0.29) is 0 Å². The second-order valence-corrected chi connectivity index (χ2v) is 6.64. The lowest BCUT2D eigenvalue weighted by Gasteiger charge is -2.14. The van der Waals surface area contributed by atoms with Crippen molar-refractivity contribution in [3.63, 3.8) is 0 Å². The zero-order valence-electron chi connectivity index (χ0n) is 15.1. The van der Waals surface area contributed by atoms with Crippen molar-refractivity contribution in [3.8, 4) is 22.4 Å². The molecule has 0 spiro atoms. The summed E-state index contributed by atoms with van der Waals surface area (Å²) in [5.74, 6) is 0. The molecule has 2 aromatic heterocycles. The van der Waals surface area contributed by atoms with Crippen LogP contribution in [0.4, 0.5) is 0 Å². The highest BCUT2D eigenvalue weighted by Crippen LogP contribution is 2.32. The van der Waals surface area contributed by atoms with E-state index in [1.807, 2.05) is 18.7 Å². The molecule has 0 amide bonds. The van der Waals surface area contributed by atoms with E-state index in [2.05, 4.69) is 83.0 Å². The Hall–Kier alpha value is -3.20. The topological polar surface area (TPSA) is 30.7 Å². The number of benzene rings is 2. The Bertz CT molecular complexity index is 1020. The molecule has 4 aromatic rings. The van der Waals surface area contributed by atoms with Gasteiger partial charge in [0.25, 0.3) is 0 Å². The number of imidazole rings is 1. The minimum atomic E-state index is 0.798. The molecule has 0 radical (unpaired) electrons. The van der Waals surface area contributed by atoms with Gasteiger partial charge in [-0.15, -0.1) is 0 Å². The maximum atomic E-state index is 4.65. The molecule has 0 saturated carbocycles. The summed E-state index contributed by atoms with van der Waals surface area (Å²) in [5, 5.41) is 0. The highest BCUT2D eigenvalue weighted by Gasteiger charge is 2.11. The smallest absolute Gasteiger partial charge is 0.0949 e. The normalized spacial score (nSPS) is 10.8. The van der Waals surface area contributed by atoms with Crippen molar-refractivity contribution in [1.29, 1.82) is 0 Å². The van der Waals surface area contributed by atoms with Crippen LogP contribution in [0.5, 0.6) is 0 Å². The summed E-state index contributed by atoms with van der Waals surface area (Å²) in [6, 6.07) is 19.3. The average molecular weight is 339 g/mol. The highest BCUT2D eigenvalue weighted by molar-refractivity contribution is 5.78. The van der Waals surface area contributed by atoms with E-state index in [0.29, 0.717) is 0 Å². The van der Waals surface area contributed by atoms with Crippen molar-refractivity contribution < 1.29 is 0 Å². The first-order valence-electron chi connectivity index (χ1n) is 8.78. The summed E-state index contributed by atoms with van der Waals surface area (Å²) in [5.41, 5.74) is 8.43. The molecular weight excluding hydrogens is 318 g/mol. The van der Waals surface area contributed by atoms with E-state index in [4.69, 9.17) is 0 Å². The fraction of sp³-hybridized carbons (Fsp3) is 0.130. The molecule has 128 valence electrons. The molecule has 0 N–H and O–H groups in total. The molecule has 0 unspecified atom stereocenters. The van der Waals surface area contributed by atoms with Crippen LogP contribution in [0.3, 0.4) is 0 Å². The largest absolute Gasteiger partial charge is 0.333 e. The maximum Gasteiger partial charge on any atom is 0.0949 e. The van der Waals surface area contributed by atoms with E-state index in [9.17, 15) is 0 Å². The monoisotopic (exact) mass is 339 g/mol. The van der Waals surface area contributed by atoms with Gasteiger partial charge in [-0.1, -0.05) is 36.4 Å². The standard InChI is InChI=1S/C23H21N3/c1-17-12-21(20-6-4-3-5-7-20)18(2)22(13-17)23-14-19(8-9-25-23)15-26-11-10-24-16-26/h3-14,16H,15H2,1-2H3. The SMILES string of the molecule is Cc1cc(-c2ccccc2)c(C)c(-c2cc(Cn3ccnc3)ccn2)c1. The number of hydrogen-bond acceptors (Lipinski definition) is 2. The minimum Gasteiger partial charge on any atom is -0.333 e. The van der Waals surface area contributed by atoms with Gasteiger partial charge in [0.15, 0.2) is 0 Å². The minimum absolute atomic E-state index is 0.798. The van der Waals surface area contributed by atoms with Gasteiger partial charge in [-0.25, -0.2) is 4.98 Å².